The van der Waals surface area contributed by atoms with E-state index in [1.165, 1.54) is 31.4 Å². The molecule has 0 bridgehead atoms. The zero-order valence-electron chi connectivity index (χ0n) is 15.1. The van der Waals surface area contributed by atoms with Gasteiger partial charge >= 0.3 is 5.97 Å². The number of aromatic nitrogens is 2. The largest absolute Gasteiger partial charge is 0.465 e. The van der Waals surface area contributed by atoms with Crippen molar-refractivity contribution in [2.45, 2.75) is 12.6 Å². The number of fused-ring (bicyclic) bond motifs is 3. The Balaban J connectivity index is 1.57. The lowest BCUT2D eigenvalue weighted by atomic mass is 10.1. The van der Waals surface area contributed by atoms with E-state index in [0.29, 0.717) is 36.4 Å². The van der Waals surface area contributed by atoms with E-state index in [-0.39, 0.29) is 11.9 Å². The van der Waals surface area contributed by atoms with Crippen molar-refractivity contribution >= 4 is 22.9 Å². The Morgan fingerprint density at radius 2 is 2.00 bits per heavy atom. The molecule has 28 heavy (non-hydrogen) atoms. The van der Waals surface area contributed by atoms with Gasteiger partial charge in [-0.25, -0.2) is 14.2 Å². The number of nitrogens with one attached hydrogen (secondary N) is 1. The highest BCUT2D eigenvalue weighted by atomic mass is 19.1. The smallest absolute Gasteiger partial charge is 0.337 e. The fourth-order valence-electron chi connectivity index (χ4n) is 3.33. The summed E-state index contributed by atoms with van der Waals surface area (Å²) >= 11 is 0. The van der Waals surface area contributed by atoms with Gasteiger partial charge in [-0.1, -0.05) is 0 Å². The second kappa shape index (κ2) is 7.40. The van der Waals surface area contributed by atoms with Crippen molar-refractivity contribution in [2.75, 3.05) is 20.3 Å². The monoisotopic (exact) mass is 383 g/mol. The summed E-state index contributed by atoms with van der Waals surface area (Å²) in [6.45, 7) is 1.10. The highest BCUT2D eigenvalue weighted by Crippen LogP contribution is 2.26. The Kier molecular flexibility index (Phi) is 4.79. The molecule has 2 aromatic carbocycles. The topological polar surface area (TPSA) is 82.5 Å². The molecule has 2 heterocycles. The summed E-state index contributed by atoms with van der Waals surface area (Å²) in [5.74, 6) is -0.376. The third kappa shape index (κ3) is 3.34. The van der Waals surface area contributed by atoms with Gasteiger partial charge in [-0.15, -0.1) is 0 Å². The molecule has 1 N–H and O–H groups in total. The number of hydrogen-bond donors (Lipinski definition) is 1. The summed E-state index contributed by atoms with van der Waals surface area (Å²) in [4.78, 5) is 28.6. The van der Waals surface area contributed by atoms with Gasteiger partial charge in [0.1, 0.15) is 18.2 Å². The number of hydrogen-bond acceptors (Lipinski definition) is 5. The Bertz CT molecular complexity index is 1050. The van der Waals surface area contributed by atoms with Crippen LogP contribution in [0.3, 0.4) is 0 Å². The van der Waals surface area contributed by atoms with Gasteiger partial charge in [-0.2, -0.15) is 0 Å². The second-order valence-corrected chi connectivity index (χ2v) is 6.48. The molecule has 1 aliphatic rings. The Morgan fingerprint density at radius 1 is 1.25 bits per heavy atom. The van der Waals surface area contributed by atoms with E-state index >= 15 is 0 Å². The van der Waals surface area contributed by atoms with Crippen molar-refractivity contribution in [2.24, 2.45) is 0 Å². The van der Waals surface area contributed by atoms with Gasteiger partial charge in [0.2, 0.25) is 0 Å². The van der Waals surface area contributed by atoms with E-state index < -0.39 is 11.8 Å². The molecule has 0 fully saturated rings. The van der Waals surface area contributed by atoms with Crippen LogP contribution in [-0.2, 0) is 16.1 Å². The van der Waals surface area contributed by atoms with E-state index in [2.05, 4.69) is 10.3 Å². The molecule has 0 unspecified atom stereocenters. The third-order valence-corrected chi connectivity index (χ3v) is 4.69. The number of ether oxygens (including phenoxy) is 2. The summed E-state index contributed by atoms with van der Waals surface area (Å²) in [5, 5.41) is 2.86. The first kappa shape index (κ1) is 18.1. The predicted octanol–water partition coefficient (Wildman–Crippen LogP) is 2.46. The first-order chi connectivity index (χ1) is 13.6. The average Bonchev–Trinajstić information content (AvgIpc) is 3.10. The number of amides is 1. The van der Waals surface area contributed by atoms with E-state index in [9.17, 15) is 14.0 Å². The number of carbonyl (C=O) groups is 2. The molecule has 144 valence electrons. The standard InChI is InChI=1S/C20H18FN3O4/c1-27-20(26)13-4-7-17-16(8-13)23-18-11-28-10-15(24(17)18)9-22-19(25)12-2-5-14(21)6-3-12/h2-8,15H,9-11H2,1H3,(H,22,25)/t15-/m0/s1. The van der Waals surface area contributed by atoms with Gasteiger partial charge in [0.15, 0.2) is 0 Å². The second-order valence-electron chi connectivity index (χ2n) is 6.48. The van der Waals surface area contributed by atoms with Crippen LogP contribution >= 0.6 is 0 Å². The lowest BCUT2D eigenvalue weighted by molar-refractivity contribution is 0.0553. The first-order valence-corrected chi connectivity index (χ1v) is 8.77. The molecular weight excluding hydrogens is 365 g/mol. The highest BCUT2D eigenvalue weighted by Gasteiger charge is 2.25. The van der Waals surface area contributed by atoms with Gasteiger partial charge < -0.3 is 19.4 Å². The molecule has 7 nitrogen and oxygen atoms in total. The maximum atomic E-state index is 13.0. The van der Waals surface area contributed by atoms with E-state index in [1.54, 1.807) is 12.1 Å². The first-order valence-electron chi connectivity index (χ1n) is 8.77. The normalized spacial score (nSPS) is 15.9. The van der Waals surface area contributed by atoms with Crippen LogP contribution in [0.1, 0.15) is 32.6 Å². The highest BCUT2D eigenvalue weighted by molar-refractivity contribution is 5.94. The van der Waals surface area contributed by atoms with Crippen molar-refractivity contribution in [1.82, 2.24) is 14.9 Å². The maximum Gasteiger partial charge on any atom is 0.337 e. The zero-order valence-corrected chi connectivity index (χ0v) is 15.1. The Labute approximate surface area is 160 Å². The van der Waals surface area contributed by atoms with Crippen molar-refractivity contribution in [3.8, 4) is 0 Å². The summed E-state index contributed by atoms with van der Waals surface area (Å²) in [7, 11) is 1.33. The minimum atomic E-state index is -0.424. The third-order valence-electron chi connectivity index (χ3n) is 4.69. The molecule has 8 heteroatoms. The van der Waals surface area contributed by atoms with E-state index in [0.717, 1.165) is 11.3 Å². The SMILES string of the molecule is COC(=O)c1ccc2c(c1)nc1n2[C@@H](CNC(=O)c2ccc(F)cc2)COC1. The average molecular weight is 383 g/mol. The summed E-state index contributed by atoms with van der Waals surface area (Å²) in [5.41, 5.74) is 2.33. The lowest BCUT2D eigenvalue weighted by Crippen LogP contribution is -2.35. The van der Waals surface area contributed by atoms with Crippen molar-refractivity contribution in [1.29, 1.82) is 0 Å². The van der Waals surface area contributed by atoms with Crippen molar-refractivity contribution in [3.05, 3.63) is 65.2 Å². The number of benzene rings is 2. The van der Waals surface area contributed by atoms with Gasteiger partial charge in [-0.3, -0.25) is 4.79 Å². The zero-order chi connectivity index (χ0) is 19.7. The number of imidazole rings is 1. The summed E-state index contributed by atoms with van der Waals surface area (Å²) in [6, 6.07) is 10.4. The molecule has 0 saturated carbocycles. The van der Waals surface area contributed by atoms with E-state index in [4.69, 9.17) is 9.47 Å². The molecule has 1 aliphatic heterocycles. The molecule has 0 aliphatic carbocycles. The van der Waals surface area contributed by atoms with Crippen LogP contribution in [0.2, 0.25) is 0 Å². The molecule has 1 amide bonds. The van der Waals surface area contributed by atoms with Crippen LogP contribution in [0.25, 0.3) is 11.0 Å². The van der Waals surface area contributed by atoms with Gasteiger partial charge in [0, 0.05) is 12.1 Å². The quantitative estimate of drug-likeness (QED) is 0.700. The van der Waals surface area contributed by atoms with Crippen LogP contribution in [0, 0.1) is 5.82 Å². The summed E-state index contributed by atoms with van der Waals surface area (Å²) < 4.78 is 25.4. The molecular formula is C20H18FN3O4. The number of nitrogens with zero attached hydrogens (tertiary/aromatic N) is 2. The van der Waals surface area contributed by atoms with Crippen LogP contribution < -0.4 is 5.32 Å². The Morgan fingerprint density at radius 3 is 2.75 bits per heavy atom. The number of esters is 1. The molecule has 0 spiro atoms. The predicted molar refractivity (Wildman–Crippen MR) is 98.5 cm³/mol. The summed E-state index contributed by atoms with van der Waals surface area (Å²) in [6.07, 6.45) is 0. The minimum Gasteiger partial charge on any atom is -0.465 e. The minimum absolute atomic E-state index is 0.151. The Hall–Kier alpha value is -3.26. The van der Waals surface area contributed by atoms with Crippen molar-refractivity contribution < 1.29 is 23.5 Å². The van der Waals surface area contributed by atoms with Crippen LogP contribution in [0.4, 0.5) is 4.39 Å². The fourth-order valence-corrected chi connectivity index (χ4v) is 3.33. The molecule has 0 radical (unpaired) electrons. The van der Waals surface area contributed by atoms with Gasteiger partial charge in [0.05, 0.1) is 36.4 Å². The molecule has 1 aromatic heterocycles. The van der Waals surface area contributed by atoms with Gasteiger partial charge in [0.25, 0.3) is 5.91 Å². The van der Waals surface area contributed by atoms with Gasteiger partial charge in [-0.05, 0) is 42.5 Å². The van der Waals surface area contributed by atoms with Crippen LogP contribution in [0.5, 0.6) is 0 Å². The van der Waals surface area contributed by atoms with Crippen molar-refractivity contribution in [3.63, 3.8) is 0 Å². The number of halogens is 1. The van der Waals surface area contributed by atoms with Crippen LogP contribution in [0.15, 0.2) is 42.5 Å². The molecule has 1 atom stereocenters. The number of carbonyl (C=O) groups excluding carboxylic acids is 2. The number of rotatable bonds is 4. The lowest BCUT2D eigenvalue weighted by Gasteiger charge is -2.26. The van der Waals surface area contributed by atoms with E-state index in [1.807, 2.05) is 10.6 Å². The fraction of sp³-hybridized carbons (Fsp3) is 0.250. The number of methoxy groups -OCH3 is 1. The maximum absolute atomic E-state index is 13.0. The molecule has 4 rings (SSSR count). The molecule has 0 saturated heterocycles. The van der Waals surface area contributed by atoms with Crippen LogP contribution in [-0.4, -0.2) is 41.7 Å². The molecule has 3 aromatic rings.